The van der Waals surface area contributed by atoms with Gasteiger partial charge in [-0.25, -0.2) is 18.2 Å². The summed E-state index contributed by atoms with van der Waals surface area (Å²) in [5.41, 5.74) is 0.578. The van der Waals surface area contributed by atoms with Crippen LogP contribution in [-0.2, 0) is 4.79 Å². The molecule has 0 bridgehead atoms. The number of amides is 2. The van der Waals surface area contributed by atoms with Gasteiger partial charge in [0.05, 0.1) is 41.0 Å². The van der Waals surface area contributed by atoms with Crippen molar-refractivity contribution in [1.29, 1.82) is 0 Å². The maximum absolute atomic E-state index is 14.7. The molecule has 1 aliphatic heterocycles. The van der Waals surface area contributed by atoms with Gasteiger partial charge < -0.3 is 10.2 Å². The second-order valence-corrected chi connectivity index (χ2v) is 9.40. The van der Waals surface area contributed by atoms with Crippen LogP contribution < -0.4 is 10.2 Å². The molecule has 1 unspecified atom stereocenters. The third-order valence-corrected chi connectivity index (χ3v) is 6.79. The number of carbonyl (C=O) groups excluding carboxylic acids is 2. The van der Waals surface area contributed by atoms with Gasteiger partial charge in [-0.05, 0) is 37.1 Å². The van der Waals surface area contributed by atoms with Gasteiger partial charge >= 0.3 is 0 Å². The fourth-order valence-electron chi connectivity index (χ4n) is 4.42. The zero-order chi connectivity index (χ0) is 29.7. The first kappa shape index (κ1) is 29.7. The van der Waals surface area contributed by atoms with Gasteiger partial charge in [0.25, 0.3) is 12.3 Å². The molecule has 5 rings (SSSR count). The largest absolute Gasteiger partial charge is 0.318 e. The van der Waals surface area contributed by atoms with Crippen LogP contribution in [0.3, 0.4) is 0 Å². The van der Waals surface area contributed by atoms with E-state index in [4.69, 9.17) is 11.6 Å². The normalized spacial score (nSPS) is 13.7. The van der Waals surface area contributed by atoms with Gasteiger partial charge in [0.1, 0.15) is 5.69 Å². The summed E-state index contributed by atoms with van der Waals surface area (Å²) in [5.74, 6) is -1.64. The zero-order valence-corrected chi connectivity index (χ0v) is 23.4. The molecule has 12 heteroatoms. The molecule has 0 aliphatic carbocycles. The third-order valence-electron chi connectivity index (χ3n) is 6.50. The minimum Gasteiger partial charge on any atom is -0.318 e. The number of aromatic nitrogens is 4. The van der Waals surface area contributed by atoms with E-state index >= 15 is 0 Å². The average molecular weight is 585 g/mol. The molecule has 1 atom stereocenters. The molecule has 1 N–H and O–H groups in total. The molecule has 1 saturated heterocycles. The zero-order valence-electron chi connectivity index (χ0n) is 22.6. The van der Waals surface area contributed by atoms with Crippen molar-refractivity contribution in [3.8, 4) is 11.3 Å². The minimum atomic E-state index is -2.99. The SMILES string of the molecule is CC.CC(c1ccc(N2CCCC2=O)cc1)n1cc(NC(=O)c2cncc(-c3c(C(F)F)ccc(Cl)c3F)n2)cn1. The molecule has 0 saturated carbocycles. The molecule has 41 heavy (non-hydrogen) atoms. The Kier molecular flexibility index (Phi) is 9.38. The Hall–Kier alpha value is -4.25. The average Bonchev–Trinajstić information content (AvgIpc) is 3.64. The van der Waals surface area contributed by atoms with Crippen molar-refractivity contribution < 1.29 is 22.8 Å². The van der Waals surface area contributed by atoms with Gasteiger partial charge in [-0.15, -0.1) is 0 Å². The van der Waals surface area contributed by atoms with E-state index in [0.29, 0.717) is 18.7 Å². The second-order valence-electron chi connectivity index (χ2n) is 9.00. The number of hydrogen-bond acceptors (Lipinski definition) is 5. The maximum Gasteiger partial charge on any atom is 0.275 e. The van der Waals surface area contributed by atoms with E-state index in [1.54, 1.807) is 15.8 Å². The molecule has 3 heterocycles. The van der Waals surface area contributed by atoms with Crippen LogP contribution >= 0.6 is 11.6 Å². The number of nitrogens with zero attached hydrogens (tertiary/aromatic N) is 5. The van der Waals surface area contributed by atoms with E-state index < -0.39 is 29.3 Å². The number of rotatable bonds is 7. The number of halogens is 4. The lowest BCUT2D eigenvalue weighted by molar-refractivity contribution is -0.117. The van der Waals surface area contributed by atoms with Crippen molar-refractivity contribution in [2.24, 2.45) is 0 Å². The molecule has 2 aromatic heterocycles. The van der Waals surface area contributed by atoms with Gasteiger partial charge in [0.15, 0.2) is 5.82 Å². The lowest BCUT2D eigenvalue weighted by Crippen LogP contribution is -2.23. The van der Waals surface area contributed by atoms with Crippen LogP contribution in [-0.4, -0.2) is 38.1 Å². The fraction of sp³-hybridized carbons (Fsp3) is 0.276. The van der Waals surface area contributed by atoms with Crippen molar-refractivity contribution in [3.63, 3.8) is 0 Å². The summed E-state index contributed by atoms with van der Waals surface area (Å²) in [4.78, 5) is 34.6. The Labute approximate surface area is 240 Å². The highest BCUT2D eigenvalue weighted by molar-refractivity contribution is 6.31. The van der Waals surface area contributed by atoms with Crippen LogP contribution in [0.15, 0.2) is 61.2 Å². The van der Waals surface area contributed by atoms with Crippen molar-refractivity contribution in [2.45, 2.75) is 46.1 Å². The minimum absolute atomic E-state index is 0.116. The topological polar surface area (TPSA) is 93.0 Å². The van der Waals surface area contributed by atoms with E-state index in [2.05, 4.69) is 20.4 Å². The quantitative estimate of drug-likeness (QED) is 0.250. The number of alkyl halides is 2. The highest BCUT2D eigenvalue weighted by Gasteiger charge is 2.24. The Bertz CT molecular complexity index is 1540. The second kappa shape index (κ2) is 12.9. The number of anilines is 2. The summed E-state index contributed by atoms with van der Waals surface area (Å²) < 4.78 is 43.3. The molecule has 4 aromatic rings. The summed E-state index contributed by atoms with van der Waals surface area (Å²) in [6.45, 7) is 6.65. The molecular weight excluding hydrogens is 557 g/mol. The van der Waals surface area contributed by atoms with Crippen LogP contribution in [0, 0.1) is 5.82 Å². The molecule has 1 fully saturated rings. The first-order chi connectivity index (χ1) is 19.7. The van der Waals surface area contributed by atoms with Crippen LogP contribution in [0.25, 0.3) is 11.3 Å². The van der Waals surface area contributed by atoms with Gasteiger partial charge in [-0.2, -0.15) is 5.10 Å². The summed E-state index contributed by atoms with van der Waals surface area (Å²) in [7, 11) is 0. The highest BCUT2D eigenvalue weighted by atomic mass is 35.5. The number of nitrogens with one attached hydrogen (secondary N) is 1. The molecule has 2 aromatic carbocycles. The van der Waals surface area contributed by atoms with E-state index in [1.165, 1.54) is 6.20 Å². The lowest BCUT2D eigenvalue weighted by Gasteiger charge is -2.18. The Balaban J connectivity index is 0.00000189. The highest BCUT2D eigenvalue weighted by Crippen LogP contribution is 2.35. The summed E-state index contributed by atoms with van der Waals surface area (Å²) in [6.07, 6.45) is 3.73. The molecular formula is C29H28ClF3N6O2. The van der Waals surface area contributed by atoms with Gasteiger partial charge in [0, 0.05) is 36.0 Å². The number of benzene rings is 2. The maximum atomic E-state index is 14.7. The fourth-order valence-corrected chi connectivity index (χ4v) is 4.58. The monoisotopic (exact) mass is 584 g/mol. The van der Waals surface area contributed by atoms with Gasteiger partial charge in [0.2, 0.25) is 5.91 Å². The molecule has 8 nitrogen and oxygen atoms in total. The van der Waals surface area contributed by atoms with Crippen LogP contribution in [0.4, 0.5) is 24.5 Å². The molecule has 1 aliphatic rings. The van der Waals surface area contributed by atoms with E-state index in [0.717, 1.165) is 42.2 Å². The molecule has 0 spiro atoms. The molecule has 214 valence electrons. The summed E-state index contributed by atoms with van der Waals surface area (Å²) in [5, 5.41) is 6.61. The predicted molar refractivity (Wildman–Crippen MR) is 151 cm³/mol. The Morgan fingerprint density at radius 2 is 1.80 bits per heavy atom. The van der Waals surface area contributed by atoms with E-state index in [1.807, 2.05) is 45.0 Å². The number of hydrogen-bond donors (Lipinski definition) is 1. The summed E-state index contributed by atoms with van der Waals surface area (Å²) >= 11 is 5.79. The Morgan fingerprint density at radius 1 is 1.07 bits per heavy atom. The number of carbonyl (C=O) groups is 2. The predicted octanol–water partition coefficient (Wildman–Crippen LogP) is 7.08. The summed E-state index contributed by atoms with van der Waals surface area (Å²) in [6, 6.07) is 9.51. The standard InChI is InChI=1S/C27H22ClF3N6O2.C2H6/c1-15(16-4-6-18(7-5-16)36-10-2-3-23(36)38)37-14-17(11-33-37)34-27(39)22-13-32-12-21(35-22)24-19(26(30)31)8-9-20(28)25(24)29;1-2/h4-9,11-15,26H,2-3,10H2,1H3,(H,34,39);1-2H3. The van der Waals surface area contributed by atoms with Crippen molar-refractivity contribution in [2.75, 3.05) is 16.8 Å². The molecule has 2 amide bonds. The van der Waals surface area contributed by atoms with Crippen molar-refractivity contribution in [3.05, 3.63) is 88.8 Å². The molecule has 0 radical (unpaired) electrons. The first-order valence-corrected chi connectivity index (χ1v) is 13.4. The van der Waals surface area contributed by atoms with Crippen LogP contribution in [0.2, 0.25) is 5.02 Å². The van der Waals surface area contributed by atoms with Crippen molar-refractivity contribution in [1.82, 2.24) is 19.7 Å². The van der Waals surface area contributed by atoms with Crippen molar-refractivity contribution >= 4 is 34.8 Å². The van der Waals surface area contributed by atoms with Gasteiger partial charge in [-0.3, -0.25) is 19.3 Å². The van der Waals surface area contributed by atoms with E-state index in [-0.39, 0.29) is 28.4 Å². The Morgan fingerprint density at radius 3 is 2.46 bits per heavy atom. The van der Waals surface area contributed by atoms with E-state index in [9.17, 15) is 22.8 Å². The third kappa shape index (κ3) is 6.40. The smallest absolute Gasteiger partial charge is 0.275 e. The van der Waals surface area contributed by atoms with Crippen LogP contribution in [0.5, 0.6) is 0 Å². The lowest BCUT2D eigenvalue weighted by atomic mass is 10.0. The first-order valence-electron chi connectivity index (χ1n) is 13.1. The van der Waals surface area contributed by atoms with Crippen LogP contribution in [0.1, 0.15) is 67.7 Å². The van der Waals surface area contributed by atoms with Gasteiger partial charge in [-0.1, -0.05) is 43.6 Å².